The van der Waals surface area contributed by atoms with E-state index in [1.54, 1.807) is 24.2 Å². The fourth-order valence-corrected chi connectivity index (χ4v) is 2.84. The highest BCUT2D eigenvalue weighted by molar-refractivity contribution is 5.77. The highest BCUT2D eigenvalue weighted by atomic mass is 16.5. The quantitative estimate of drug-likeness (QED) is 0.553. The van der Waals surface area contributed by atoms with Gasteiger partial charge >= 0.3 is 0 Å². The first kappa shape index (κ1) is 16.4. The zero-order chi connectivity index (χ0) is 17.9. The Hall–Kier alpha value is -3.10. The molecule has 0 fully saturated rings. The van der Waals surface area contributed by atoms with Crippen molar-refractivity contribution in [1.29, 1.82) is 0 Å². The second kappa shape index (κ2) is 7.03. The number of nitrogens with one attached hydrogen (secondary N) is 1. The molecule has 0 aliphatic rings. The molecule has 0 unspecified atom stereocenters. The Morgan fingerprint density at radius 1 is 1.23 bits per heavy atom. The number of fused-ring (bicyclic) bond motifs is 1. The average molecular weight is 350 g/mol. The van der Waals surface area contributed by atoms with E-state index in [0.717, 1.165) is 27.8 Å². The van der Waals surface area contributed by atoms with Crippen LogP contribution in [0, 0.1) is 0 Å². The third kappa shape index (κ3) is 3.07. The van der Waals surface area contributed by atoms with Crippen molar-refractivity contribution in [3.63, 3.8) is 0 Å². The second-order valence-electron chi connectivity index (χ2n) is 5.92. The Bertz CT molecular complexity index is 1010. The number of nitrogens with zero attached hydrogens (tertiary/aromatic N) is 5. The van der Waals surface area contributed by atoms with Gasteiger partial charge in [-0.2, -0.15) is 10.2 Å². The van der Waals surface area contributed by atoms with Gasteiger partial charge in [0, 0.05) is 37.3 Å². The fourth-order valence-electron chi connectivity index (χ4n) is 2.84. The van der Waals surface area contributed by atoms with E-state index in [2.05, 4.69) is 25.3 Å². The molecule has 0 aliphatic carbocycles. The molecule has 0 spiro atoms. The van der Waals surface area contributed by atoms with Crippen LogP contribution >= 0.6 is 0 Å². The molecular weight excluding hydrogens is 332 g/mol. The summed E-state index contributed by atoms with van der Waals surface area (Å²) in [7, 11) is 1.62. The topological polar surface area (TPSA) is 102 Å². The lowest BCUT2D eigenvalue weighted by Crippen LogP contribution is -2.03. The number of ether oxygens (including phenoxy) is 1. The maximum Gasteiger partial charge on any atom is 0.162 e. The third-order valence-corrected chi connectivity index (χ3v) is 4.19. The number of rotatable bonds is 6. The molecule has 3 heterocycles. The molecule has 0 radical (unpaired) electrons. The normalized spacial score (nSPS) is 12.5. The summed E-state index contributed by atoms with van der Waals surface area (Å²) >= 11 is 0. The van der Waals surface area contributed by atoms with Crippen molar-refractivity contribution in [3.8, 4) is 17.1 Å². The Balaban J connectivity index is 1.69. The van der Waals surface area contributed by atoms with Gasteiger partial charge in [0.05, 0.1) is 18.0 Å². The average Bonchev–Trinajstić information content (AvgIpc) is 3.35. The SMILES string of the molecule is COCC[C@@H](O)c1cnc2c(cnn2-c2cccc(-c3ncn[nH]3)c2)c1. The summed E-state index contributed by atoms with van der Waals surface area (Å²) in [5.74, 6) is 0.694. The summed E-state index contributed by atoms with van der Waals surface area (Å²) in [6.07, 6.45) is 4.82. The number of hydrogen-bond donors (Lipinski definition) is 2. The van der Waals surface area contributed by atoms with Gasteiger partial charge in [-0.05, 0) is 23.8 Å². The summed E-state index contributed by atoms with van der Waals surface area (Å²) in [4.78, 5) is 8.68. The number of H-pyrrole nitrogens is 1. The van der Waals surface area contributed by atoms with Crippen molar-refractivity contribution in [2.24, 2.45) is 0 Å². The maximum atomic E-state index is 10.2. The standard InChI is InChI=1S/C18H18N6O2/c1-26-6-5-16(25)13-7-14-10-22-24(18(14)19-9-13)15-4-2-3-12(8-15)17-20-11-21-23-17/h2-4,7-11,16,25H,5-6H2,1H3,(H,20,21,23)/t16-/m1/s1. The smallest absolute Gasteiger partial charge is 0.162 e. The summed E-state index contributed by atoms with van der Waals surface area (Å²) in [5, 5.41) is 22.3. The molecular formula is C18H18N6O2. The van der Waals surface area contributed by atoms with E-state index in [1.165, 1.54) is 6.33 Å². The first-order chi connectivity index (χ1) is 12.8. The number of methoxy groups -OCH3 is 1. The summed E-state index contributed by atoms with van der Waals surface area (Å²) in [5.41, 5.74) is 3.26. The fraction of sp³-hybridized carbons (Fsp3) is 0.222. The maximum absolute atomic E-state index is 10.2. The Labute approximate surface area is 149 Å². The van der Waals surface area contributed by atoms with Gasteiger partial charge in [-0.3, -0.25) is 5.10 Å². The van der Waals surface area contributed by atoms with Crippen molar-refractivity contribution in [1.82, 2.24) is 29.9 Å². The minimum absolute atomic E-state index is 0.493. The minimum Gasteiger partial charge on any atom is -0.388 e. The van der Waals surface area contributed by atoms with E-state index in [-0.39, 0.29) is 0 Å². The summed E-state index contributed by atoms with van der Waals surface area (Å²) < 4.78 is 6.78. The van der Waals surface area contributed by atoms with Gasteiger partial charge < -0.3 is 9.84 Å². The summed E-state index contributed by atoms with van der Waals surface area (Å²) in [6, 6.07) is 9.72. The zero-order valence-electron chi connectivity index (χ0n) is 14.2. The number of aliphatic hydroxyl groups is 1. The van der Waals surface area contributed by atoms with Gasteiger partial charge in [0.1, 0.15) is 6.33 Å². The van der Waals surface area contributed by atoms with Crippen LogP contribution in [-0.2, 0) is 4.74 Å². The molecule has 2 N–H and O–H groups in total. The molecule has 0 saturated heterocycles. The van der Waals surface area contributed by atoms with Crippen molar-refractivity contribution in [3.05, 3.63) is 54.6 Å². The first-order valence-corrected chi connectivity index (χ1v) is 8.23. The van der Waals surface area contributed by atoms with E-state index in [4.69, 9.17) is 4.74 Å². The molecule has 0 amide bonds. The van der Waals surface area contributed by atoms with Crippen LogP contribution in [-0.4, -0.2) is 48.8 Å². The van der Waals surface area contributed by atoms with Gasteiger partial charge in [-0.15, -0.1) is 0 Å². The summed E-state index contributed by atoms with van der Waals surface area (Å²) in [6.45, 7) is 0.493. The van der Waals surface area contributed by atoms with Crippen LogP contribution in [0.2, 0.25) is 0 Å². The molecule has 26 heavy (non-hydrogen) atoms. The monoisotopic (exact) mass is 350 g/mol. The highest BCUT2D eigenvalue weighted by Gasteiger charge is 2.13. The Morgan fingerprint density at radius 2 is 2.15 bits per heavy atom. The number of aliphatic hydroxyl groups excluding tert-OH is 1. The van der Waals surface area contributed by atoms with E-state index < -0.39 is 6.10 Å². The molecule has 8 heteroatoms. The molecule has 1 aromatic carbocycles. The molecule has 0 saturated carbocycles. The van der Waals surface area contributed by atoms with Crippen LogP contribution in [0.3, 0.4) is 0 Å². The van der Waals surface area contributed by atoms with Crippen molar-refractivity contribution >= 4 is 11.0 Å². The number of aromatic nitrogens is 6. The van der Waals surface area contributed by atoms with Gasteiger partial charge in [0.25, 0.3) is 0 Å². The van der Waals surface area contributed by atoms with E-state index >= 15 is 0 Å². The predicted octanol–water partition coefficient (Wildman–Crippen LogP) is 2.28. The number of hydrogen-bond acceptors (Lipinski definition) is 6. The Morgan fingerprint density at radius 3 is 2.96 bits per heavy atom. The van der Waals surface area contributed by atoms with E-state index in [0.29, 0.717) is 18.9 Å². The first-order valence-electron chi connectivity index (χ1n) is 8.23. The van der Waals surface area contributed by atoms with Gasteiger partial charge in [-0.25, -0.2) is 14.6 Å². The molecule has 8 nitrogen and oxygen atoms in total. The molecule has 4 rings (SSSR count). The van der Waals surface area contributed by atoms with Crippen LogP contribution in [0.4, 0.5) is 0 Å². The molecule has 1 atom stereocenters. The van der Waals surface area contributed by atoms with Crippen LogP contribution < -0.4 is 0 Å². The predicted molar refractivity (Wildman–Crippen MR) is 95.7 cm³/mol. The zero-order valence-corrected chi connectivity index (χ0v) is 14.2. The van der Waals surface area contributed by atoms with Gasteiger partial charge in [0.15, 0.2) is 11.5 Å². The lowest BCUT2D eigenvalue weighted by atomic mass is 10.1. The lowest BCUT2D eigenvalue weighted by Gasteiger charge is -2.10. The Kier molecular flexibility index (Phi) is 4.42. The van der Waals surface area contributed by atoms with Crippen molar-refractivity contribution in [2.75, 3.05) is 13.7 Å². The van der Waals surface area contributed by atoms with E-state index in [9.17, 15) is 5.11 Å². The largest absolute Gasteiger partial charge is 0.388 e. The van der Waals surface area contributed by atoms with Crippen molar-refractivity contribution < 1.29 is 9.84 Å². The molecule has 3 aromatic heterocycles. The number of benzene rings is 1. The van der Waals surface area contributed by atoms with Crippen LogP contribution in [0.5, 0.6) is 0 Å². The highest BCUT2D eigenvalue weighted by Crippen LogP contribution is 2.24. The third-order valence-electron chi connectivity index (χ3n) is 4.19. The lowest BCUT2D eigenvalue weighted by molar-refractivity contribution is 0.110. The van der Waals surface area contributed by atoms with Gasteiger partial charge in [0.2, 0.25) is 0 Å². The minimum atomic E-state index is -0.606. The molecule has 0 bridgehead atoms. The molecule has 4 aromatic rings. The molecule has 0 aliphatic heterocycles. The second-order valence-corrected chi connectivity index (χ2v) is 5.92. The number of pyridine rings is 1. The van der Waals surface area contributed by atoms with Crippen molar-refractivity contribution in [2.45, 2.75) is 12.5 Å². The van der Waals surface area contributed by atoms with Crippen LogP contribution in [0.25, 0.3) is 28.1 Å². The number of aromatic amines is 1. The van der Waals surface area contributed by atoms with Crippen LogP contribution in [0.15, 0.2) is 49.1 Å². The van der Waals surface area contributed by atoms with Gasteiger partial charge in [-0.1, -0.05) is 12.1 Å². The van der Waals surface area contributed by atoms with Crippen LogP contribution in [0.1, 0.15) is 18.1 Å². The van der Waals surface area contributed by atoms with E-state index in [1.807, 2.05) is 30.3 Å². The molecule has 132 valence electrons.